The quantitative estimate of drug-likeness (QED) is 0.721. The molecule has 1 fully saturated rings. The van der Waals surface area contributed by atoms with Crippen molar-refractivity contribution >= 4 is 12.0 Å². The molecule has 0 aliphatic heterocycles. The van der Waals surface area contributed by atoms with Gasteiger partial charge in [-0.05, 0) is 30.2 Å². The summed E-state index contributed by atoms with van der Waals surface area (Å²) in [6, 6.07) is 9.43. The van der Waals surface area contributed by atoms with Crippen LogP contribution < -0.4 is 10.6 Å². The van der Waals surface area contributed by atoms with Crippen molar-refractivity contribution in [2.75, 3.05) is 6.54 Å². The fraction of sp³-hybridized carbons (Fsp3) is 0.500. The number of carboxylic acids is 1. The molecule has 114 valence electrons. The maximum absolute atomic E-state index is 11.9. The SMILES string of the molecule is CC(CNC(=O)NC(CC(=O)O)C1CC1)c1ccccc1. The summed E-state index contributed by atoms with van der Waals surface area (Å²) in [6.45, 7) is 2.57. The van der Waals surface area contributed by atoms with Gasteiger partial charge in [-0.1, -0.05) is 37.3 Å². The average Bonchev–Trinajstić information content (AvgIpc) is 3.29. The molecule has 1 saturated carbocycles. The second-order valence-corrected chi connectivity index (χ2v) is 5.71. The molecule has 1 aromatic rings. The Hall–Kier alpha value is -2.04. The van der Waals surface area contributed by atoms with E-state index in [4.69, 9.17) is 5.11 Å². The molecule has 1 aliphatic carbocycles. The zero-order valence-electron chi connectivity index (χ0n) is 12.2. The molecule has 2 atom stereocenters. The highest BCUT2D eigenvalue weighted by atomic mass is 16.4. The largest absolute Gasteiger partial charge is 0.481 e. The molecule has 0 spiro atoms. The maximum atomic E-state index is 11.9. The molecule has 0 radical (unpaired) electrons. The summed E-state index contributed by atoms with van der Waals surface area (Å²) in [7, 11) is 0. The number of carbonyl (C=O) groups excluding carboxylic acids is 1. The van der Waals surface area contributed by atoms with Crippen LogP contribution in [-0.2, 0) is 4.79 Å². The first-order chi connectivity index (χ1) is 10.1. The number of carboxylic acid groups (broad SMARTS) is 1. The fourth-order valence-corrected chi connectivity index (χ4v) is 2.39. The van der Waals surface area contributed by atoms with Crippen molar-refractivity contribution in [1.29, 1.82) is 0 Å². The van der Waals surface area contributed by atoms with Crippen molar-refractivity contribution in [2.45, 2.75) is 38.1 Å². The molecule has 5 heteroatoms. The van der Waals surface area contributed by atoms with Crippen molar-refractivity contribution in [1.82, 2.24) is 10.6 Å². The van der Waals surface area contributed by atoms with E-state index < -0.39 is 5.97 Å². The van der Waals surface area contributed by atoms with Gasteiger partial charge in [0.25, 0.3) is 0 Å². The van der Waals surface area contributed by atoms with E-state index in [1.807, 2.05) is 37.3 Å². The van der Waals surface area contributed by atoms with Gasteiger partial charge in [-0.25, -0.2) is 4.79 Å². The number of hydrogen-bond acceptors (Lipinski definition) is 2. The molecule has 1 aromatic carbocycles. The lowest BCUT2D eigenvalue weighted by molar-refractivity contribution is -0.137. The van der Waals surface area contributed by atoms with Gasteiger partial charge in [0.05, 0.1) is 6.42 Å². The Morgan fingerprint density at radius 3 is 2.52 bits per heavy atom. The Balaban J connectivity index is 1.77. The first-order valence-corrected chi connectivity index (χ1v) is 7.37. The maximum Gasteiger partial charge on any atom is 0.315 e. The standard InChI is InChI=1S/C16H22N2O3/c1-11(12-5-3-2-4-6-12)10-17-16(21)18-14(9-15(19)20)13-7-8-13/h2-6,11,13-14H,7-10H2,1H3,(H,19,20)(H2,17,18,21). The minimum Gasteiger partial charge on any atom is -0.481 e. The highest BCUT2D eigenvalue weighted by Gasteiger charge is 2.33. The number of amides is 2. The molecule has 1 aliphatic rings. The van der Waals surface area contributed by atoms with E-state index in [0.717, 1.165) is 12.8 Å². The van der Waals surface area contributed by atoms with Crippen LogP contribution in [0.1, 0.15) is 37.7 Å². The molecule has 2 rings (SSSR count). The van der Waals surface area contributed by atoms with Gasteiger partial charge in [0, 0.05) is 12.6 Å². The van der Waals surface area contributed by atoms with E-state index in [2.05, 4.69) is 10.6 Å². The van der Waals surface area contributed by atoms with Crippen molar-refractivity contribution in [3.8, 4) is 0 Å². The Labute approximate surface area is 124 Å². The van der Waals surface area contributed by atoms with Gasteiger partial charge < -0.3 is 15.7 Å². The van der Waals surface area contributed by atoms with Crippen molar-refractivity contribution in [3.63, 3.8) is 0 Å². The second-order valence-electron chi connectivity index (χ2n) is 5.71. The molecular formula is C16H22N2O3. The third-order valence-corrected chi connectivity index (χ3v) is 3.84. The minimum atomic E-state index is -0.871. The molecule has 5 nitrogen and oxygen atoms in total. The molecule has 2 unspecified atom stereocenters. The monoisotopic (exact) mass is 290 g/mol. The Morgan fingerprint density at radius 1 is 1.29 bits per heavy atom. The Morgan fingerprint density at radius 2 is 1.95 bits per heavy atom. The zero-order chi connectivity index (χ0) is 15.2. The van der Waals surface area contributed by atoms with E-state index in [9.17, 15) is 9.59 Å². The number of urea groups is 1. The summed E-state index contributed by atoms with van der Waals surface area (Å²) >= 11 is 0. The summed E-state index contributed by atoms with van der Waals surface area (Å²) in [5.41, 5.74) is 1.17. The van der Waals surface area contributed by atoms with Crippen LogP contribution in [0.2, 0.25) is 0 Å². The van der Waals surface area contributed by atoms with Gasteiger partial charge in [-0.3, -0.25) is 4.79 Å². The van der Waals surface area contributed by atoms with Crippen LogP contribution in [0.25, 0.3) is 0 Å². The third-order valence-electron chi connectivity index (χ3n) is 3.84. The summed E-state index contributed by atoms with van der Waals surface area (Å²) < 4.78 is 0. The van der Waals surface area contributed by atoms with Crippen LogP contribution in [-0.4, -0.2) is 29.7 Å². The smallest absolute Gasteiger partial charge is 0.315 e. The van der Waals surface area contributed by atoms with E-state index in [-0.39, 0.29) is 24.4 Å². The lowest BCUT2D eigenvalue weighted by Gasteiger charge is -2.18. The average molecular weight is 290 g/mol. The molecule has 0 heterocycles. The Kier molecular flexibility index (Phi) is 5.20. The summed E-state index contributed by atoms with van der Waals surface area (Å²) in [5.74, 6) is -0.334. The first-order valence-electron chi connectivity index (χ1n) is 7.37. The Bertz CT molecular complexity index is 486. The molecule has 2 amide bonds. The number of rotatable bonds is 7. The van der Waals surface area contributed by atoms with Gasteiger partial charge in [0.1, 0.15) is 0 Å². The van der Waals surface area contributed by atoms with Crippen LogP contribution in [0.4, 0.5) is 4.79 Å². The number of hydrogen-bond donors (Lipinski definition) is 3. The predicted molar refractivity (Wildman–Crippen MR) is 80.2 cm³/mol. The van der Waals surface area contributed by atoms with Gasteiger partial charge in [0.2, 0.25) is 0 Å². The van der Waals surface area contributed by atoms with E-state index >= 15 is 0 Å². The molecule has 21 heavy (non-hydrogen) atoms. The normalized spacial score (nSPS) is 16.8. The zero-order valence-corrected chi connectivity index (χ0v) is 12.2. The molecule has 0 aromatic heterocycles. The van der Waals surface area contributed by atoms with Crippen molar-refractivity contribution in [3.05, 3.63) is 35.9 Å². The lowest BCUT2D eigenvalue weighted by Crippen LogP contribution is -2.45. The van der Waals surface area contributed by atoms with Crippen LogP contribution in [0.15, 0.2) is 30.3 Å². The van der Waals surface area contributed by atoms with Gasteiger partial charge in [-0.15, -0.1) is 0 Å². The number of benzene rings is 1. The molecular weight excluding hydrogens is 268 g/mol. The summed E-state index contributed by atoms with van der Waals surface area (Å²) in [5, 5.41) is 14.5. The number of nitrogens with one attached hydrogen (secondary N) is 2. The second kappa shape index (κ2) is 7.11. The van der Waals surface area contributed by atoms with Crippen LogP contribution in [0, 0.1) is 5.92 Å². The topological polar surface area (TPSA) is 78.4 Å². The van der Waals surface area contributed by atoms with Crippen molar-refractivity contribution in [2.24, 2.45) is 5.92 Å². The van der Waals surface area contributed by atoms with Gasteiger partial charge in [0.15, 0.2) is 0 Å². The van der Waals surface area contributed by atoms with Crippen LogP contribution in [0.5, 0.6) is 0 Å². The van der Waals surface area contributed by atoms with Gasteiger partial charge >= 0.3 is 12.0 Å². The van der Waals surface area contributed by atoms with Crippen LogP contribution in [0.3, 0.4) is 0 Å². The van der Waals surface area contributed by atoms with E-state index in [1.54, 1.807) is 0 Å². The molecule has 0 saturated heterocycles. The molecule has 3 N–H and O–H groups in total. The van der Waals surface area contributed by atoms with Crippen LogP contribution >= 0.6 is 0 Å². The highest BCUT2D eigenvalue weighted by Crippen LogP contribution is 2.33. The fourth-order valence-electron chi connectivity index (χ4n) is 2.39. The van der Waals surface area contributed by atoms with Gasteiger partial charge in [-0.2, -0.15) is 0 Å². The third kappa shape index (κ3) is 5.10. The van der Waals surface area contributed by atoms with E-state index in [0.29, 0.717) is 12.5 Å². The highest BCUT2D eigenvalue weighted by molar-refractivity contribution is 5.76. The van der Waals surface area contributed by atoms with Crippen molar-refractivity contribution < 1.29 is 14.7 Å². The number of carbonyl (C=O) groups is 2. The van der Waals surface area contributed by atoms with E-state index in [1.165, 1.54) is 5.56 Å². The summed E-state index contributed by atoms with van der Waals surface area (Å²) in [6.07, 6.45) is 1.99. The summed E-state index contributed by atoms with van der Waals surface area (Å²) in [4.78, 5) is 22.7. The predicted octanol–water partition coefficient (Wildman–Crippen LogP) is 2.34. The lowest BCUT2D eigenvalue weighted by atomic mass is 10.0. The first kappa shape index (κ1) is 15.4. The minimum absolute atomic E-state index is 0.00761. The number of aliphatic carboxylic acids is 1. The molecule has 0 bridgehead atoms.